The smallest absolute Gasteiger partial charge is 0.224 e. The molecule has 3 nitrogen and oxygen atoms in total. The Kier molecular flexibility index (Phi) is 4.69. The van der Waals surface area contributed by atoms with E-state index >= 15 is 0 Å². The second kappa shape index (κ2) is 6.29. The highest BCUT2D eigenvalue weighted by Crippen LogP contribution is 2.29. The van der Waals surface area contributed by atoms with Crippen molar-refractivity contribution < 1.29 is 4.79 Å². The fourth-order valence-electron chi connectivity index (χ4n) is 2.72. The number of hydrogen-bond acceptors (Lipinski definition) is 2. The first-order valence-electron chi connectivity index (χ1n) is 7.59. The third kappa shape index (κ3) is 3.75. The standard InChI is InChI=1S/C17H26N2O/c1-17(2,3)14-8-4-5-9-15(14)18-11-10-16(20)19-12-6-7-13-19/h4-5,8-9,18H,6-7,10-13H2,1-3H3. The highest BCUT2D eigenvalue weighted by molar-refractivity contribution is 5.77. The Bertz CT molecular complexity index is 456. The Morgan fingerprint density at radius 3 is 2.50 bits per heavy atom. The number of carbonyl (C=O) groups excluding carboxylic acids is 1. The maximum absolute atomic E-state index is 12.0. The number of likely N-dealkylation sites (tertiary alicyclic amines) is 1. The largest absolute Gasteiger partial charge is 0.384 e. The molecule has 0 saturated carbocycles. The van der Waals surface area contributed by atoms with Gasteiger partial charge in [0.05, 0.1) is 0 Å². The van der Waals surface area contributed by atoms with Crippen LogP contribution in [0.2, 0.25) is 0 Å². The van der Waals surface area contributed by atoms with Gasteiger partial charge >= 0.3 is 0 Å². The molecule has 2 rings (SSSR count). The zero-order chi connectivity index (χ0) is 14.6. The SMILES string of the molecule is CC(C)(C)c1ccccc1NCCC(=O)N1CCCC1. The summed E-state index contributed by atoms with van der Waals surface area (Å²) in [5.74, 6) is 0.281. The van der Waals surface area contributed by atoms with E-state index in [2.05, 4.69) is 44.3 Å². The third-order valence-corrected chi connectivity index (χ3v) is 3.85. The molecule has 0 radical (unpaired) electrons. The molecule has 1 aromatic carbocycles. The van der Waals surface area contributed by atoms with Gasteiger partial charge in [-0.25, -0.2) is 0 Å². The number of amides is 1. The van der Waals surface area contributed by atoms with Crippen molar-refractivity contribution in [3.63, 3.8) is 0 Å². The summed E-state index contributed by atoms with van der Waals surface area (Å²) in [6.45, 7) is 9.23. The van der Waals surface area contributed by atoms with E-state index in [1.165, 1.54) is 5.56 Å². The molecule has 1 N–H and O–H groups in total. The zero-order valence-corrected chi connectivity index (χ0v) is 12.9. The summed E-state index contributed by atoms with van der Waals surface area (Å²) in [6, 6.07) is 8.37. The first kappa shape index (κ1) is 14.9. The molecule has 20 heavy (non-hydrogen) atoms. The molecule has 110 valence electrons. The lowest BCUT2D eigenvalue weighted by Crippen LogP contribution is -2.29. The fourth-order valence-corrected chi connectivity index (χ4v) is 2.72. The number of benzene rings is 1. The Balaban J connectivity index is 1.89. The first-order chi connectivity index (χ1) is 9.48. The number of nitrogens with zero attached hydrogens (tertiary/aromatic N) is 1. The van der Waals surface area contributed by atoms with Crippen LogP contribution in [0.15, 0.2) is 24.3 Å². The van der Waals surface area contributed by atoms with Crippen molar-refractivity contribution in [2.24, 2.45) is 0 Å². The van der Waals surface area contributed by atoms with Gasteiger partial charge in [0.1, 0.15) is 0 Å². The Hall–Kier alpha value is -1.51. The average molecular weight is 274 g/mol. The topological polar surface area (TPSA) is 32.3 Å². The van der Waals surface area contributed by atoms with Crippen LogP contribution in [0.5, 0.6) is 0 Å². The molecule has 1 fully saturated rings. The van der Waals surface area contributed by atoms with Crippen molar-refractivity contribution in [1.29, 1.82) is 0 Å². The van der Waals surface area contributed by atoms with Crippen molar-refractivity contribution in [2.75, 3.05) is 25.0 Å². The van der Waals surface area contributed by atoms with E-state index in [1.807, 2.05) is 11.0 Å². The minimum atomic E-state index is 0.114. The molecule has 1 aliphatic rings. The van der Waals surface area contributed by atoms with Gasteiger partial charge in [0, 0.05) is 31.7 Å². The molecule has 0 bridgehead atoms. The van der Waals surface area contributed by atoms with Crippen molar-refractivity contribution >= 4 is 11.6 Å². The van der Waals surface area contributed by atoms with Gasteiger partial charge in [-0.05, 0) is 29.9 Å². The van der Waals surface area contributed by atoms with Crippen LogP contribution < -0.4 is 5.32 Å². The second-order valence-electron chi connectivity index (χ2n) is 6.56. The van der Waals surface area contributed by atoms with Crippen molar-refractivity contribution in [3.05, 3.63) is 29.8 Å². The van der Waals surface area contributed by atoms with E-state index in [0.29, 0.717) is 13.0 Å². The number of hydrogen-bond donors (Lipinski definition) is 1. The molecule has 1 aromatic rings. The minimum Gasteiger partial charge on any atom is -0.384 e. The van der Waals surface area contributed by atoms with Crippen LogP contribution in [0.4, 0.5) is 5.69 Å². The van der Waals surface area contributed by atoms with Crippen molar-refractivity contribution in [1.82, 2.24) is 4.90 Å². The molecule has 1 heterocycles. The van der Waals surface area contributed by atoms with Crippen LogP contribution in [0.25, 0.3) is 0 Å². The Labute approximate surface area is 122 Å². The Morgan fingerprint density at radius 2 is 1.85 bits per heavy atom. The fraction of sp³-hybridized carbons (Fsp3) is 0.588. The van der Waals surface area contributed by atoms with E-state index in [-0.39, 0.29) is 11.3 Å². The predicted octanol–water partition coefficient (Wildman–Crippen LogP) is 3.41. The number of para-hydroxylation sites is 1. The summed E-state index contributed by atoms with van der Waals surface area (Å²) in [7, 11) is 0. The molecule has 1 saturated heterocycles. The van der Waals surface area contributed by atoms with Crippen LogP contribution in [0.1, 0.15) is 45.6 Å². The average Bonchev–Trinajstić information content (AvgIpc) is 2.92. The summed E-state index contributed by atoms with van der Waals surface area (Å²) < 4.78 is 0. The summed E-state index contributed by atoms with van der Waals surface area (Å²) >= 11 is 0. The van der Waals surface area contributed by atoms with Gasteiger partial charge in [0.2, 0.25) is 5.91 Å². The molecular formula is C17H26N2O. The Morgan fingerprint density at radius 1 is 1.20 bits per heavy atom. The van der Waals surface area contributed by atoms with E-state index in [1.54, 1.807) is 0 Å². The summed E-state index contributed by atoms with van der Waals surface area (Å²) in [5.41, 5.74) is 2.56. The highest BCUT2D eigenvalue weighted by Gasteiger charge is 2.19. The summed E-state index contributed by atoms with van der Waals surface area (Å²) in [4.78, 5) is 14.0. The maximum atomic E-state index is 12.0. The quantitative estimate of drug-likeness (QED) is 0.912. The lowest BCUT2D eigenvalue weighted by Gasteiger charge is -2.23. The lowest BCUT2D eigenvalue weighted by molar-refractivity contribution is -0.129. The third-order valence-electron chi connectivity index (χ3n) is 3.85. The van der Waals surface area contributed by atoms with Crippen LogP contribution in [0.3, 0.4) is 0 Å². The molecular weight excluding hydrogens is 248 g/mol. The molecule has 3 heteroatoms. The van der Waals surface area contributed by atoms with E-state index in [9.17, 15) is 4.79 Å². The van der Waals surface area contributed by atoms with Crippen molar-refractivity contribution in [2.45, 2.75) is 45.4 Å². The zero-order valence-electron chi connectivity index (χ0n) is 12.9. The van der Waals surface area contributed by atoms with E-state index in [4.69, 9.17) is 0 Å². The normalized spacial score (nSPS) is 15.4. The minimum absolute atomic E-state index is 0.114. The second-order valence-corrected chi connectivity index (χ2v) is 6.56. The predicted molar refractivity (Wildman–Crippen MR) is 84.1 cm³/mol. The van der Waals surface area contributed by atoms with Crippen LogP contribution in [-0.4, -0.2) is 30.4 Å². The molecule has 1 amide bonds. The number of anilines is 1. The molecule has 0 spiro atoms. The van der Waals surface area contributed by atoms with Crippen molar-refractivity contribution in [3.8, 4) is 0 Å². The van der Waals surface area contributed by atoms with E-state index in [0.717, 1.165) is 31.6 Å². The van der Waals surface area contributed by atoms with Gasteiger partial charge in [-0.2, -0.15) is 0 Å². The van der Waals surface area contributed by atoms with Gasteiger partial charge < -0.3 is 10.2 Å². The lowest BCUT2D eigenvalue weighted by atomic mass is 9.86. The maximum Gasteiger partial charge on any atom is 0.224 e. The van der Waals surface area contributed by atoms with E-state index < -0.39 is 0 Å². The monoisotopic (exact) mass is 274 g/mol. The highest BCUT2D eigenvalue weighted by atomic mass is 16.2. The molecule has 1 aliphatic heterocycles. The van der Waals surface area contributed by atoms with Gasteiger partial charge in [-0.15, -0.1) is 0 Å². The van der Waals surface area contributed by atoms with Crippen LogP contribution in [-0.2, 0) is 10.2 Å². The van der Waals surface area contributed by atoms with Gasteiger partial charge in [-0.3, -0.25) is 4.79 Å². The molecule has 0 atom stereocenters. The van der Waals surface area contributed by atoms with Gasteiger partial charge in [0.25, 0.3) is 0 Å². The van der Waals surface area contributed by atoms with Gasteiger partial charge in [-0.1, -0.05) is 39.0 Å². The summed E-state index contributed by atoms with van der Waals surface area (Å²) in [5, 5.41) is 3.43. The number of rotatable bonds is 4. The first-order valence-corrected chi connectivity index (χ1v) is 7.59. The van der Waals surface area contributed by atoms with Crippen LogP contribution in [0, 0.1) is 0 Å². The van der Waals surface area contributed by atoms with Crippen LogP contribution >= 0.6 is 0 Å². The number of nitrogens with one attached hydrogen (secondary N) is 1. The van der Waals surface area contributed by atoms with Gasteiger partial charge in [0.15, 0.2) is 0 Å². The number of carbonyl (C=O) groups is 1. The molecule has 0 aliphatic carbocycles. The summed E-state index contributed by atoms with van der Waals surface area (Å²) in [6.07, 6.45) is 2.90. The molecule has 0 aromatic heterocycles. The molecule has 0 unspecified atom stereocenters.